The second-order valence-corrected chi connectivity index (χ2v) is 4.63. The lowest BCUT2D eigenvalue weighted by atomic mass is 10.1. The van der Waals surface area contributed by atoms with E-state index < -0.39 is 0 Å². The van der Waals surface area contributed by atoms with Crippen LogP contribution in [-0.4, -0.2) is 28.0 Å². The molecule has 0 aliphatic heterocycles. The molecule has 1 aliphatic carbocycles. The van der Waals surface area contributed by atoms with Crippen LogP contribution < -0.4 is 5.32 Å². The van der Waals surface area contributed by atoms with Crippen molar-refractivity contribution < 1.29 is 5.11 Å². The second kappa shape index (κ2) is 5.46. The van der Waals surface area contributed by atoms with E-state index >= 15 is 0 Å². The Morgan fingerprint density at radius 1 is 1.44 bits per heavy atom. The average Bonchev–Trinajstić information content (AvgIpc) is 2.61. The van der Waals surface area contributed by atoms with Crippen LogP contribution in [0.3, 0.4) is 0 Å². The minimum Gasteiger partial charge on any atom is -0.391 e. The van der Waals surface area contributed by atoms with Gasteiger partial charge in [-0.2, -0.15) is 5.10 Å². The van der Waals surface area contributed by atoms with Crippen molar-refractivity contribution in [2.75, 3.05) is 7.05 Å². The summed E-state index contributed by atoms with van der Waals surface area (Å²) < 4.78 is 1.95. The standard InChI is InChI=1S/C12H21N3O/c1-13-7-10-8-14-15(9-10)11-5-3-2-4-6-12(11)16/h8-9,11-13,16H,2-7H2,1H3. The molecule has 0 amide bonds. The Morgan fingerprint density at radius 2 is 2.25 bits per heavy atom. The monoisotopic (exact) mass is 223 g/mol. The lowest BCUT2D eigenvalue weighted by Crippen LogP contribution is -2.23. The van der Waals surface area contributed by atoms with Gasteiger partial charge in [-0.25, -0.2) is 0 Å². The summed E-state index contributed by atoms with van der Waals surface area (Å²) in [6.07, 6.45) is 9.23. The maximum atomic E-state index is 10.1. The van der Waals surface area contributed by atoms with Gasteiger partial charge in [-0.15, -0.1) is 0 Å². The first-order valence-electron chi connectivity index (χ1n) is 6.17. The van der Waals surface area contributed by atoms with Crippen LogP contribution in [0.25, 0.3) is 0 Å². The molecule has 2 rings (SSSR count). The van der Waals surface area contributed by atoms with Crippen LogP contribution in [0.2, 0.25) is 0 Å². The molecule has 4 heteroatoms. The predicted octanol–water partition coefficient (Wildman–Crippen LogP) is 1.47. The van der Waals surface area contributed by atoms with E-state index in [2.05, 4.69) is 16.6 Å². The van der Waals surface area contributed by atoms with Crippen molar-refractivity contribution in [1.82, 2.24) is 15.1 Å². The number of rotatable bonds is 3. The van der Waals surface area contributed by atoms with Crippen LogP contribution in [0.1, 0.15) is 43.7 Å². The van der Waals surface area contributed by atoms with Crippen molar-refractivity contribution in [3.63, 3.8) is 0 Å². The topological polar surface area (TPSA) is 50.1 Å². The average molecular weight is 223 g/mol. The molecular formula is C12H21N3O. The van der Waals surface area contributed by atoms with E-state index in [1.807, 2.05) is 17.9 Å². The van der Waals surface area contributed by atoms with Crippen LogP contribution >= 0.6 is 0 Å². The fraction of sp³-hybridized carbons (Fsp3) is 0.750. The number of aromatic nitrogens is 2. The smallest absolute Gasteiger partial charge is 0.0778 e. The first-order chi connectivity index (χ1) is 7.81. The second-order valence-electron chi connectivity index (χ2n) is 4.63. The van der Waals surface area contributed by atoms with E-state index in [4.69, 9.17) is 0 Å². The molecule has 0 spiro atoms. The molecule has 0 aromatic carbocycles. The minimum atomic E-state index is -0.232. The van der Waals surface area contributed by atoms with Crippen molar-refractivity contribution in [2.45, 2.75) is 50.8 Å². The normalized spacial score (nSPS) is 26.6. The highest BCUT2D eigenvalue weighted by Gasteiger charge is 2.23. The van der Waals surface area contributed by atoms with Crippen LogP contribution in [0, 0.1) is 0 Å². The largest absolute Gasteiger partial charge is 0.391 e. The van der Waals surface area contributed by atoms with Crippen molar-refractivity contribution in [1.29, 1.82) is 0 Å². The van der Waals surface area contributed by atoms with Gasteiger partial charge in [0.25, 0.3) is 0 Å². The van der Waals surface area contributed by atoms with Gasteiger partial charge in [0.1, 0.15) is 0 Å². The van der Waals surface area contributed by atoms with E-state index in [1.165, 1.54) is 18.4 Å². The third-order valence-corrected chi connectivity index (χ3v) is 3.32. The number of aliphatic hydroxyl groups is 1. The van der Waals surface area contributed by atoms with Crippen molar-refractivity contribution in [3.05, 3.63) is 18.0 Å². The van der Waals surface area contributed by atoms with Gasteiger partial charge in [0.05, 0.1) is 18.3 Å². The third-order valence-electron chi connectivity index (χ3n) is 3.32. The van der Waals surface area contributed by atoms with Crippen LogP contribution in [0.4, 0.5) is 0 Å². The molecule has 0 radical (unpaired) electrons. The van der Waals surface area contributed by atoms with Crippen LogP contribution in [0.5, 0.6) is 0 Å². The molecule has 0 saturated heterocycles. The van der Waals surface area contributed by atoms with E-state index in [-0.39, 0.29) is 12.1 Å². The van der Waals surface area contributed by atoms with Gasteiger partial charge in [0.15, 0.2) is 0 Å². The van der Waals surface area contributed by atoms with Gasteiger partial charge in [0, 0.05) is 18.3 Å². The zero-order valence-corrected chi connectivity index (χ0v) is 9.89. The summed E-state index contributed by atoms with van der Waals surface area (Å²) in [5, 5.41) is 17.5. The number of nitrogens with one attached hydrogen (secondary N) is 1. The molecule has 90 valence electrons. The summed E-state index contributed by atoms with van der Waals surface area (Å²) in [6.45, 7) is 0.836. The van der Waals surface area contributed by atoms with Crippen molar-refractivity contribution in [2.24, 2.45) is 0 Å². The van der Waals surface area contributed by atoms with Gasteiger partial charge in [0.2, 0.25) is 0 Å². The Bertz CT molecular complexity index is 324. The molecule has 4 nitrogen and oxygen atoms in total. The fourth-order valence-electron chi connectivity index (χ4n) is 2.43. The molecule has 1 aliphatic rings. The molecule has 2 atom stereocenters. The van der Waals surface area contributed by atoms with Crippen LogP contribution in [0.15, 0.2) is 12.4 Å². The van der Waals surface area contributed by atoms with Crippen molar-refractivity contribution >= 4 is 0 Å². The predicted molar refractivity (Wildman–Crippen MR) is 63.1 cm³/mol. The van der Waals surface area contributed by atoms with E-state index in [9.17, 15) is 5.11 Å². The highest BCUT2D eigenvalue weighted by molar-refractivity contribution is 5.04. The Labute approximate surface area is 96.7 Å². The Balaban J connectivity index is 2.08. The molecular weight excluding hydrogens is 202 g/mol. The van der Waals surface area contributed by atoms with Gasteiger partial charge < -0.3 is 10.4 Å². The maximum absolute atomic E-state index is 10.1. The zero-order valence-electron chi connectivity index (χ0n) is 9.89. The number of hydrogen-bond donors (Lipinski definition) is 2. The fourth-order valence-corrected chi connectivity index (χ4v) is 2.43. The first kappa shape index (κ1) is 11.6. The van der Waals surface area contributed by atoms with Crippen LogP contribution in [-0.2, 0) is 6.54 Å². The lowest BCUT2D eigenvalue weighted by molar-refractivity contribution is 0.0990. The Kier molecular flexibility index (Phi) is 3.96. The van der Waals surface area contributed by atoms with E-state index in [1.54, 1.807) is 0 Å². The number of aliphatic hydroxyl groups excluding tert-OH is 1. The Hall–Kier alpha value is -0.870. The molecule has 0 bridgehead atoms. The summed E-state index contributed by atoms with van der Waals surface area (Å²) in [7, 11) is 1.93. The highest BCUT2D eigenvalue weighted by atomic mass is 16.3. The van der Waals surface area contributed by atoms with E-state index in [0.29, 0.717) is 0 Å². The summed E-state index contributed by atoms with van der Waals surface area (Å²) in [5.74, 6) is 0. The van der Waals surface area contributed by atoms with E-state index in [0.717, 1.165) is 25.8 Å². The molecule has 2 N–H and O–H groups in total. The van der Waals surface area contributed by atoms with Gasteiger partial charge in [-0.3, -0.25) is 4.68 Å². The van der Waals surface area contributed by atoms with Crippen molar-refractivity contribution in [3.8, 4) is 0 Å². The lowest BCUT2D eigenvalue weighted by Gasteiger charge is -2.20. The van der Waals surface area contributed by atoms with Gasteiger partial charge >= 0.3 is 0 Å². The molecule has 2 unspecified atom stereocenters. The minimum absolute atomic E-state index is 0.174. The SMILES string of the molecule is CNCc1cnn(C2CCCCCC2O)c1. The number of nitrogens with zero attached hydrogens (tertiary/aromatic N) is 2. The molecule has 16 heavy (non-hydrogen) atoms. The molecule has 1 aromatic rings. The Morgan fingerprint density at radius 3 is 3.06 bits per heavy atom. The summed E-state index contributed by atoms with van der Waals surface area (Å²) in [4.78, 5) is 0. The summed E-state index contributed by atoms with van der Waals surface area (Å²) in [5.41, 5.74) is 1.18. The molecule has 1 fully saturated rings. The molecule has 1 aromatic heterocycles. The summed E-state index contributed by atoms with van der Waals surface area (Å²) in [6, 6.07) is 0.174. The number of hydrogen-bond acceptors (Lipinski definition) is 3. The molecule has 1 saturated carbocycles. The summed E-state index contributed by atoms with van der Waals surface area (Å²) >= 11 is 0. The van der Waals surface area contributed by atoms with Gasteiger partial charge in [-0.05, 0) is 19.9 Å². The zero-order chi connectivity index (χ0) is 11.4. The molecule has 1 heterocycles. The van der Waals surface area contributed by atoms with Gasteiger partial charge in [-0.1, -0.05) is 19.3 Å². The highest BCUT2D eigenvalue weighted by Crippen LogP contribution is 2.27. The quantitative estimate of drug-likeness (QED) is 0.763. The third kappa shape index (κ3) is 2.62. The maximum Gasteiger partial charge on any atom is 0.0778 e. The first-order valence-corrected chi connectivity index (χ1v) is 6.17.